The highest BCUT2D eigenvalue weighted by Crippen LogP contribution is 2.40. The Kier molecular flexibility index (Phi) is 2.45. The number of ether oxygens (including phenoxy) is 1. The Hall–Kier alpha value is -2.30. The third-order valence-corrected chi connectivity index (χ3v) is 3.50. The number of fused-ring (bicyclic) bond motifs is 3. The van der Waals surface area contributed by atoms with Gasteiger partial charge in [0, 0.05) is 10.9 Å². The van der Waals surface area contributed by atoms with Crippen LogP contribution in [0.5, 0.6) is 5.75 Å². The Bertz CT molecular complexity index is 751. The molecule has 5 heteroatoms. The first-order valence-corrected chi connectivity index (χ1v) is 6.32. The Labute approximate surface area is 115 Å². The summed E-state index contributed by atoms with van der Waals surface area (Å²) in [4.78, 5) is 23.5. The maximum absolute atomic E-state index is 12.4. The number of carbonyl (C=O) groups excluding carboxylic acids is 1. The van der Waals surface area contributed by atoms with Crippen molar-refractivity contribution in [3.8, 4) is 5.75 Å². The Balaban J connectivity index is 2.34. The van der Waals surface area contributed by atoms with Gasteiger partial charge in [0.25, 0.3) is 0 Å². The molecule has 1 aromatic carbocycles. The molecule has 3 rings (SSSR count). The van der Waals surface area contributed by atoms with Crippen LogP contribution >= 0.6 is 0 Å². The van der Waals surface area contributed by atoms with Gasteiger partial charge in [0.15, 0.2) is 5.78 Å². The SMILES string of the molecule is Cc1c(C(=O)O)oc2ccc3c(c12)C(=O)CC(C)(C)O3. The van der Waals surface area contributed by atoms with Crippen molar-refractivity contribution < 1.29 is 23.8 Å². The van der Waals surface area contributed by atoms with Gasteiger partial charge in [0.05, 0.1) is 12.0 Å². The molecule has 1 aliphatic rings. The van der Waals surface area contributed by atoms with E-state index in [0.717, 1.165) is 0 Å². The first-order valence-electron chi connectivity index (χ1n) is 6.32. The van der Waals surface area contributed by atoms with Crippen molar-refractivity contribution in [1.29, 1.82) is 0 Å². The zero-order chi connectivity index (χ0) is 14.7. The van der Waals surface area contributed by atoms with E-state index >= 15 is 0 Å². The van der Waals surface area contributed by atoms with Crippen LogP contribution in [0.1, 0.15) is 46.7 Å². The predicted octanol–water partition coefficient (Wildman–Crippen LogP) is 3.18. The number of rotatable bonds is 1. The lowest BCUT2D eigenvalue weighted by atomic mass is 9.90. The number of Topliss-reactive ketones (excluding diaryl/α,β-unsaturated/α-hetero) is 1. The van der Waals surface area contributed by atoms with Crippen LogP contribution in [0.2, 0.25) is 0 Å². The molecule has 2 aromatic rings. The summed E-state index contributed by atoms with van der Waals surface area (Å²) in [5, 5.41) is 9.65. The van der Waals surface area contributed by atoms with Crippen LogP contribution in [0.4, 0.5) is 0 Å². The molecule has 1 aromatic heterocycles. The van der Waals surface area contributed by atoms with Crippen molar-refractivity contribution in [1.82, 2.24) is 0 Å². The molecule has 2 heterocycles. The summed E-state index contributed by atoms with van der Waals surface area (Å²) in [6, 6.07) is 3.30. The van der Waals surface area contributed by atoms with Crippen molar-refractivity contribution in [2.24, 2.45) is 0 Å². The van der Waals surface area contributed by atoms with Gasteiger partial charge in [-0.2, -0.15) is 0 Å². The van der Waals surface area contributed by atoms with Crippen LogP contribution in [0.3, 0.4) is 0 Å². The van der Waals surface area contributed by atoms with Gasteiger partial charge in [-0.05, 0) is 32.9 Å². The van der Waals surface area contributed by atoms with E-state index < -0.39 is 11.6 Å². The summed E-state index contributed by atoms with van der Waals surface area (Å²) in [6.07, 6.45) is 0.256. The number of aryl methyl sites for hydroxylation is 1. The largest absolute Gasteiger partial charge is 0.487 e. The number of hydrogen-bond acceptors (Lipinski definition) is 4. The lowest BCUT2D eigenvalue weighted by Gasteiger charge is -2.31. The fourth-order valence-corrected chi connectivity index (χ4v) is 2.70. The molecule has 0 amide bonds. The number of hydrogen-bond donors (Lipinski definition) is 1. The van der Waals surface area contributed by atoms with E-state index in [1.807, 2.05) is 13.8 Å². The molecule has 0 fully saturated rings. The molecule has 0 radical (unpaired) electrons. The third kappa shape index (κ3) is 1.70. The second-order valence-corrected chi connectivity index (χ2v) is 5.63. The zero-order valence-electron chi connectivity index (χ0n) is 11.4. The van der Waals surface area contributed by atoms with E-state index in [9.17, 15) is 9.59 Å². The smallest absolute Gasteiger partial charge is 0.372 e. The second kappa shape index (κ2) is 3.85. The topological polar surface area (TPSA) is 76.7 Å². The van der Waals surface area contributed by atoms with E-state index in [2.05, 4.69) is 0 Å². The fourth-order valence-electron chi connectivity index (χ4n) is 2.70. The zero-order valence-corrected chi connectivity index (χ0v) is 11.4. The molecule has 104 valence electrons. The lowest BCUT2D eigenvalue weighted by molar-refractivity contribution is 0.0621. The highest BCUT2D eigenvalue weighted by molar-refractivity contribution is 6.13. The van der Waals surface area contributed by atoms with Gasteiger partial charge in [-0.15, -0.1) is 0 Å². The van der Waals surface area contributed by atoms with Crippen molar-refractivity contribution >= 4 is 22.7 Å². The molecule has 0 bridgehead atoms. The Morgan fingerprint density at radius 3 is 2.70 bits per heavy atom. The third-order valence-electron chi connectivity index (χ3n) is 3.50. The molecule has 0 aliphatic carbocycles. The van der Waals surface area contributed by atoms with E-state index in [-0.39, 0.29) is 18.0 Å². The maximum Gasteiger partial charge on any atom is 0.372 e. The molecule has 0 saturated heterocycles. The minimum Gasteiger partial charge on any atom is -0.487 e. The standard InChI is InChI=1S/C15H14O5/c1-7-11-9(19-13(7)14(17)18)4-5-10-12(11)8(16)6-15(2,3)20-10/h4-5H,6H2,1-3H3,(H,17,18). The van der Waals surface area contributed by atoms with E-state index in [1.165, 1.54) is 0 Å². The number of ketones is 1. The minimum atomic E-state index is -1.14. The van der Waals surface area contributed by atoms with Crippen molar-refractivity contribution in [2.75, 3.05) is 0 Å². The molecule has 0 spiro atoms. The van der Waals surface area contributed by atoms with Crippen LogP contribution in [-0.4, -0.2) is 22.5 Å². The van der Waals surface area contributed by atoms with Crippen molar-refractivity contribution in [2.45, 2.75) is 32.8 Å². The van der Waals surface area contributed by atoms with Gasteiger partial charge >= 0.3 is 5.97 Å². The first kappa shape index (κ1) is 12.7. The van der Waals surface area contributed by atoms with E-state index in [0.29, 0.717) is 27.8 Å². The molecular weight excluding hydrogens is 260 g/mol. The number of aromatic carboxylic acids is 1. The quantitative estimate of drug-likeness (QED) is 0.864. The number of carbonyl (C=O) groups is 2. The molecule has 1 N–H and O–H groups in total. The first-order chi connectivity index (χ1) is 9.30. The molecule has 1 aliphatic heterocycles. The van der Waals surface area contributed by atoms with E-state index in [4.69, 9.17) is 14.3 Å². The van der Waals surface area contributed by atoms with Gasteiger partial charge in [-0.25, -0.2) is 4.79 Å². The Morgan fingerprint density at radius 1 is 1.35 bits per heavy atom. The summed E-state index contributed by atoms with van der Waals surface area (Å²) in [5.74, 6) is -0.842. The van der Waals surface area contributed by atoms with E-state index in [1.54, 1.807) is 19.1 Å². The molecule has 0 saturated carbocycles. The highest BCUT2D eigenvalue weighted by Gasteiger charge is 2.35. The molecular formula is C15H14O5. The van der Waals surface area contributed by atoms with Gasteiger partial charge in [0.1, 0.15) is 16.9 Å². The number of carboxylic acid groups (broad SMARTS) is 1. The van der Waals surface area contributed by atoms with Crippen LogP contribution in [0.25, 0.3) is 11.0 Å². The van der Waals surface area contributed by atoms with Crippen LogP contribution < -0.4 is 4.74 Å². The summed E-state index contributed by atoms with van der Waals surface area (Å²) in [5.41, 5.74) is 0.734. The normalized spacial score (nSPS) is 16.9. The van der Waals surface area contributed by atoms with Gasteiger partial charge in [-0.1, -0.05) is 0 Å². The summed E-state index contributed by atoms with van der Waals surface area (Å²) in [7, 11) is 0. The van der Waals surface area contributed by atoms with Gasteiger partial charge < -0.3 is 14.3 Å². The maximum atomic E-state index is 12.4. The van der Waals surface area contributed by atoms with Crippen molar-refractivity contribution in [3.63, 3.8) is 0 Å². The van der Waals surface area contributed by atoms with Crippen molar-refractivity contribution in [3.05, 3.63) is 29.0 Å². The molecule has 0 atom stereocenters. The Morgan fingerprint density at radius 2 is 2.05 bits per heavy atom. The fraction of sp³-hybridized carbons (Fsp3) is 0.333. The average Bonchev–Trinajstić information content (AvgIpc) is 2.65. The number of furan rings is 1. The summed E-state index contributed by atoms with van der Waals surface area (Å²) in [6.45, 7) is 5.34. The monoisotopic (exact) mass is 274 g/mol. The van der Waals surface area contributed by atoms with Crippen LogP contribution in [0.15, 0.2) is 16.5 Å². The van der Waals surface area contributed by atoms with Gasteiger partial charge in [-0.3, -0.25) is 4.79 Å². The highest BCUT2D eigenvalue weighted by atomic mass is 16.5. The molecule has 0 unspecified atom stereocenters. The van der Waals surface area contributed by atoms with Crippen LogP contribution in [0, 0.1) is 6.92 Å². The average molecular weight is 274 g/mol. The number of benzene rings is 1. The molecule has 20 heavy (non-hydrogen) atoms. The van der Waals surface area contributed by atoms with Gasteiger partial charge in [0.2, 0.25) is 5.76 Å². The minimum absolute atomic E-state index is 0.0531. The summed E-state index contributed by atoms with van der Waals surface area (Å²) < 4.78 is 11.1. The second-order valence-electron chi connectivity index (χ2n) is 5.63. The number of carboxylic acids is 1. The van der Waals surface area contributed by atoms with Crippen LogP contribution in [-0.2, 0) is 0 Å². The molecule has 5 nitrogen and oxygen atoms in total. The lowest BCUT2D eigenvalue weighted by Crippen LogP contribution is -2.35. The predicted molar refractivity (Wildman–Crippen MR) is 71.6 cm³/mol. The summed E-state index contributed by atoms with van der Waals surface area (Å²) >= 11 is 0.